The first-order valence-electron chi connectivity index (χ1n) is 7.02. The van der Waals surface area contributed by atoms with Crippen LogP contribution in [0.25, 0.3) is 0 Å². The average Bonchev–Trinajstić information content (AvgIpc) is 2.53. The highest BCUT2D eigenvalue weighted by atomic mass is 16.5. The van der Waals surface area contributed by atoms with Gasteiger partial charge >= 0.3 is 0 Å². The molecule has 1 fully saturated rings. The first-order valence-corrected chi connectivity index (χ1v) is 7.02. The van der Waals surface area contributed by atoms with Crippen molar-refractivity contribution in [2.24, 2.45) is 17.6 Å². The Morgan fingerprint density at radius 2 is 1.94 bits per heavy atom. The van der Waals surface area contributed by atoms with Gasteiger partial charge in [-0.3, -0.25) is 4.79 Å². The smallest absolute Gasteiger partial charge is 0.226 e. The zero-order valence-corrected chi connectivity index (χ0v) is 12.3. The lowest BCUT2D eigenvalue weighted by molar-refractivity contribution is -0.129. The Labute approximate surface area is 111 Å². The highest BCUT2D eigenvalue weighted by Gasteiger charge is 2.42. The van der Waals surface area contributed by atoms with Gasteiger partial charge in [0.15, 0.2) is 0 Å². The van der Waals surface area contributed by atoms with Crippen molar-refractivity contribution in [1.29, 1.82) is 0 Å². The standard InChI is InChI=1S/C14H28N2O2/c1-6-14(5,7-8-15)16-13(17)12-9(2)10(3)18-11(12)4/h9-12H,6-8,15H2,1-5H3,(H,16,17). The van der Waals surface area contributed by atoms with Gasteiger partial charge in [-0.25, -0.2) is 0 Å². The molecule has 1 saturated heterocycles. The van der Waals surface area contributed by atoms with Crippen molar-refractivity contribution in [2.45, 2.75) is 65.2 Å². The normalized spacial score (nSPS) is 35.2. The van der Waals surface area contributed by atoms with Crippen LogP contribution in [0.4, 0.5) is 0 Å². The summed E-state index contributed by atoms with van der Waals surface area (Å²) in [6.45, 7) is 10.8. The highest BCUT2D eigenvalue weighted by Crippen LogP contribution is 2.32. The summed E-state index contributed by atoms with van der Waals surface area (Å²) in [5.74, 6) is 0.319. The number of ether oxygens (including phenoxy) is 1. The minimum atomic E-state index is -0.197. The maximum absolute atomic E-state index is 12.4. The molecule has 0 spiro atoms. The minimum Gasteiger partial charge on any atom is -0.374 e. The van der Waals surface area contributed by atoms with Crippen molar-refractivity contribution >= 4 is 5.91 Å². The van der Waals surface area contributed by atoms with E-state index in [-0.39, 0.29) is 35.5 Å². The number of amides is 1. The van der Waals surface area contributed by atoms with E-state index < -0.39 is 0 Å². The molecular formula is C14H28N2O2. The van der Waals surface area contributed by atoms with E-state index in [0.29, 0.717) is 6.54 Å². The summed E-state index contributed by atoms with van der Waals surface area (Å²) in [4.78, 5) is 12.4. The lowest BCUT2D eigenvalue weighted by atomic mass is 9.86. The van der Waals surface area contributed by atoms with Crippen molar-refractivity contribution in [3.8, 4) is 0 Å². The summed E-state index contributed by atoms with van der Waals surface area (Å²) in [6, 6.07) is 0. The Morgan fingerprint density at radius 3 is 2.33 bits per heavy atom. The van der Waals surface area contributed by atoms with Gasteiger partial charge in [-0.05, 0) is 46.1 Å². The van der Waals surface area contributed by atoms with Crippen LogP contribution >= 0.6 is 0 Å². The molecule has 0 saturated carbocycles. The molecule has 18 heavy (non-hydrogen) atoms. The molecule has 5 unspecified atom stereocenters. The van der Waals surface area contributed by atoms with E-state index in [4.69, 9.17) is 10.5 Å². The molecule has 0 aliphatic carbocycles. The van der Waals surface area contributed by atoms with Gasteiger partial charge in [-0.15, -0.1) is 0 Å². The molecule has 1 rings (SSSR count). The van der Waals surface area contributed by atoms with Crippen molar-refractivity contribution in [2.75, 3.05) is 6.54 Å². The number of carbonyl (C=O) groups excluding carboxylic acids is 1. The summed E-state index contributed by atoms with van der Waals surface area (Å²) < 4.78 is 5.73. The molecule has 1 aliphatic heterocycles. The van der Waals surface area contributed by atoms with Crippen LogP contribution < -0.4 is 11.1 Å². The summed E-state index contributed by atoms with van der Waals surface area (Å²) in [5, 5.41) is 3.17. The van der Waals surface area contributed by atoms with E-state index >= 15 is 0 Å². The fraction of sp³-hybridized carbons (Fsp3) is 0.929. The summed E-state index contributed by atoms with van der Waals surface area (Å²) >= 11 is 0. The zero-order valence-electron chi connectivity index (χ0n) is 12.3. The Morgan fingerprint density at radius 1 is 1.33 bits per heavy atom. The van der Waals surface area contributed by atoms with E-state index in [1.54, 1.807) is 0 Å². The van der Waals surface area contributed by atoms with Gasteiger partial charge in [-0.2, -0.15) is 0 Å². The van der Waals surface area contributed by atoms with Crippen molar-refractivity contribution in [3.05, 3.63) is 0 Å². The second-order valence-electron chi connectivity index (χ2n) is 5.87. The first-order chi connectivity index (χ1) is 8.34. The van der Waals surface area contributed by atoms with Crippen molar-refractivity contribution in [1.82, 2.24) is 5.32 Å². The number of rotatable bonds is 5. The molecular weight excluding hydrogens is 228 g/mol. The molecule has 4 nitrogen and oxygen atoms in total. The molecule has 0 radical (unpaired) electrons. The third-order valence-corrected chi connectivity index (χ3v) is 4.45. The SMILES string of the molecule is CCC(C)(CCN)NC(=O)C1C(C)OC(C)C1C. The highest BCUT2D eigenvalue weighted by molar-refractivity contribution is 5.80. The monoisotopic (exact) mass is 256 g/mol. The second kappa shape index (κ2) is 6.02. The molecule has 0 aromatic carbocycles. The molecule has 0 aromatic heterocycles. The molecule has 0 aromatic rings. The molecule has 3 N–H and O–H groups in total. The Balaban J connectivity index is 2.70. The number of hydrogen-bond donors (Lipinski definition) is 2. The molecule has 106 valence electrons. The predicted molar refractivity (Wildman–Crippen MR) is 73.2 cm³/mol. The molecule has 5 atom stereocenters. The molecule has 0 bridgehead atoms. The number of nitrogens with one attached hydrogen (secondary N) is 1. The molecule has 4 heteroatoms. The largest absolute Gasteiger partial charge is 0.374 e. The second-order valence-corrected chi connectivity index (χ2v) is 5.87. The topological polar surface area (TPSA) is 64.3 Å². The quantitative estimate of drug-likeness (QED) is 0.786. The van der Waals surface area contributed by atoms with Crippen LogP contribution in [0, 0.1) is 11.8 Å². The molecule has 1 aliphatic rings. The maximum atomic E-state index is 12.4. The van der Waals surface area contributed by atoms with Crippen molar-refractivity contribution < 1.29 is 9.53 Å². The lowest BCUT2D eigenvalue weighted by Gasteiger charge is -2.32. The summed E-state index contributed by atoms with van der Waals surface area (Å²) in [7, 11) is 0. The zero-order chi connectivity index (χ0) is 13.9. The Bertz CT molecular complexity index is 296. The van der Waals surface area contributed by atoms with Gasteiger partial charge < -0.3 is 15.8 Å². The minimum absolute atomic E-state index is 0.00557. The molecule has 1 amide bonds. The van der Waals surface area contributed by atoms with E-state index in [1.165, 1.54) is 0 Å². The van der Waals surface area contributed by atoms with Crippen LogP contribution in [0.1, 0.15) is 47.5 Å². The van der Waals surface area contributed by atoms with Gasteiger partial charge in [-0.1, -0.05) is 13.8 Å². The lowest BCUT2D eigenvalue weighted by Crippen LogP contribution is -2.50. The van der Waals surface area contributed by atoms with E-state index in [0.717, 1.165) is 12.8 Å². The number of nitrogens with two attached hydrogens (primary N) is 1. The Kier molecular flexibility index (Phi) is 5.17. The van der Waals surface area contributed by atoms with E-state index in [1.807, 2.05) is 13.8 Å². The summed E-state index contributed by atoms with van der Waals surface area (Å²) in [6.07, 6.45) is 1.84. The Hall–Kier alpha value is -0.610. The van der Waals surface area contributed by atoms with Gasteiger partial charge in [0.1, 0.15) is 0 Å². The van der Waals surface area contributed by atoms with Gasteiger partial charge in [0.2, 0.25) is 5.91 Å². The van der Waals surface area contributed by atoms with Crippen LogP contribution in [-0.2, 0) is 9.53 Å². The van der Waals surface area contributed by atoms with Crippen LogP contribution in [-0.4, -0.2) is 30.2 Å². The summed E-state index contributed by atoms with van der Waals surface area (Å²) in [5.41, 5.74) is 5.42. The van der Waals surface area contributed by atoms with Crippen molar-refractivity contribution in [3.63, 3.8) is 0 Å². The van der Waals surface area contributed by atoms with Crippen LogP contribution in [0.15, 0.2) is 0 Å². The van der Waals surface area contributed by atoms with Gasteiger partial charge in [0.25, 0.3) is 0 Å². The average molecular weight is 256 g/mol. The predicted octanol–water partition coefficient (Wildman–Crippen LogP) is 1.68. The molecule has 1 heterocycles. The third kappa shape index (κ3) is 3.23. The van der Waals surface area contributed by atoms with Gasteiger partial charge in [0, 0.05) is 5.54 Å². The number of carbonyl (C=O) groups is 1. The van der Waals surface area contributed by atoms with Crippen LogP contribution in [0.5, 0.6) is 0 Å². The third-order valence-electron chi connectivity index (χ3n) is 4.45. The van der Waals surface area contributed by atoms with Crippen LogP contribution in [0.2, 0.25) is 0 Å². The van der Waals surface area contributed by atoms with E-state index in [2.05, 4.69) is 26.1 Å². The van der Waals surface area contributed by atoms with Gasteiger partial charge in [0.05, 0.1) is 18.1 Å². The number of hydrogen-bond acceptors (Lipinski definition) is 3. The first kappa shape index (κ1) is 15.4. The van der Waals surface area contributed by atoms with E-state index in [9.17, 15) is 4.79 Å². The fourth-order valence-corrected chi connectivity index (χ4v) is 2.75. The fourth-order valence-electron chi connectivity index (χ4n) is 2.75. The maximum Gasteiger partial charge on any atom is 0.226 e. The van der Waals surface area contributed by atoms with Crippen LogP contribution in [0.3, 0.4) is 0 Å².